The third-order valence-corrected chi connectivity index (χ3v) is 5.11. The molecule has 0 bridgehead atoms. The first-order chi connectivity index (χ1) is 13.2. The van der Waals surface area contributed by atoms with Gasteiger partial charge in [-0.05, 0) is 31.5 Å². The first-order valence-electron chi connectivity index (χ1n) is 8.73. The summed E-state index contributed by atoms with van der Waals surface area (Å²) in [5.74, 6) is 0.613. The number of ketones is 1. The molecule has 3 rings (SSSR count). The number of ether oxygens (including phenoxy) is 2. The average Bonchev–Trinajstić information content (AvgIpc) is 2.68. The first-order valence-corrected chi connectivity index (χ1v) is 8.73. The Labute approximate surface area is 162 Å². The van der Waals surface area contributed by atoms with Crippen LogP contribution in [0.4, 0.5) is 5.82 Å². The summed E-state index contributed by atoms with van der Waals surface area (Å²) in [7, 11) is 6.07. The number of aromatic nitrogens is 2. The number of carbonyl (C=O) groups excluding carboxylic acids is 1. The van der Waals surface area contributed by atoms with Crippen molar-refractivity contribution in [1.29, 1.82) is 0 Å². The zero-order chi connectivity index (χ0) is 20.7. The number of nitrogens with zero attached hydrogens (tertiary/aromatic N) is 2. The summed E-state index contributed by atoms with van der Waals surface area (Å²) in [5.41, 5.74) is 1.21. The third-order valence-electron chi connectivity index (χ3n) is 5.11. The molecule has 0 saturated heterocycles. The van der Waals surface area contributed by atoms with Crippen LogP contribution >= 0.6 is 0 Å². The van der Waals surface area contributed by atoms with Crippen molar-refractivity contribution in [1.82, 2.24) is 9.13 Å². The summed E-state index contributed by atoms with van der Waals surface area (Å²) >= 11 is 0. The van der Waals surface area contributed by atoms with Crippen LogP contribution in [0.3, 0.4) is 0 Å². The maximum Gasteiger partial charge on any atom is 0.332 e. The minimum Gasteiger partial charge on any atom is -0.493 e. The second kappa shape index (κ2) is 7.03. The molecule has 0 fully saturated rings. The Morgan fingerprint density at radius 2 is 1.71 bits per heavy atom. The number of rotatable bonds is 4. The average molecular weight is 385 g/mol. The van der Waals surface area contributed by atoms with E-state index in [0.717, 1.165) is 4.57 Å². The Morgan fingerprint density at radius 1 is 1.07 bits per heavy atom. The number of benzene rings is 1. The van der Waals surface area contributed by atoms with Gasteiger partial charge in [-0.1, -0.05) is 6.07 Å². The van der Waals surface area contributed by atoms with Crippen molar-refractivity contribution in [3.05, 3.63) is 61.4 Å². The van der Waals surface area contributed by atoms with Crippen molar-refractivity contribution >= 4 is 11.6 Å². The fraction of sp³-hybridized carbons (Fsp3) is 0.350. The Hall–Kier alpha value is -3.29. The summed E-state index contributed by atoms with van der Waals surface area (Å²) in [6.07, 6.45) is 0. The van der Waals surface area contributed by atoms with E-state index in [9.17, 15) is 14.4 Å². The molecular formula is C20H23N3O5. The summed E-state index contributed by atoms with van der Waals surface area (Å²) in [6, 6.07) is 5.27. The molecule has 1 N–H and O–H groups in total. The van der Waals surface area contributed by atoms with Crippen molar-refractivity contribution in [3.8, 4) is 11.5 Å². The quantitative estimate of drug-likeness (QED) is 0.858. The zero-order valence-corrected chi connectivity index (χ0v) is 16.7. The van der Waals surface area contributed by atoms with Gasteiger partial charge in [0.15, 0.2) is 17.3 Å². The van der Waals surface area contributed by atoms with Gasteiger partial charge >= 0.3 is 5.69 Å². The van der Waals surface area contributed by atoms with Gasteiger partial charge < -0.3 is 14.8 Å². The molecule has 1 atom stereocenters. The van der Waals surface area contributed by atoms with Gasteiger partial charge in [-0.25, -0.2) is 4.79 Å². The van der Waals surface area contributed by atoms with Gasteiger partial charge in [0, 0.05) is 31.3 Å². The molecule has 1 aromatic heterocycles. The van der Waals surface area contributed by atoms with Crippen LogP contribution in [0.1, 0.15) is 30.9 Å². The van der Waals surface area contributed by atoms with Crippen molar-refractivity contribution in [2.45, 2.75) is 19.8 Å². The molecular weight excluding hydrogens is 362 g/mol. The highest BCUT2D eigenvalue weighted by Gasteiger charge is 2.35. The molecule has 2 heterocycles. The van der Waals surface area contributed by atoms with E-state index in [-0.39, 0.29) is 5.78 Å². The van der Waals surface area contributed by atoms with Gasteiger partial charge in [-0.15, -0.1) is 0 Å². The Balaban J connectivity index is 2.41. The predicted octanol–water partition coefficient (Wildman–Crippen LogP) is 1.52. The van der Waals surface area contributed by atoms with Crippen LogP contribution in [0.15, 0.2) is 39.1 Å². The molecule has 28 heavy (non-hydrogen) atoms. The molecule has 0 amide bonds. The fourth-order valence-electron chi connectivity index (χ4n) is 3.72. The molecule has 0 spiro atoms. The molecule has 0 radical (unpaired) electrons. The molecule has 1 unspecified atom stereocenters. The molecule has 1 aliphatic heterocycles. The lowest BCUT2D eigenvalue weighted by Crippen LogP contribution is -2.43. The van der Waals surface area contributed by atoms with Gasteiger partial charge in [0.25, 0.3) is 5.56 Å². The number of methoxy groups -OCH3 is 2. The SMILES string of the molecule is COc1ccc(C2C(C(C)=O)=C(C)Nc3c2c(=O)n(C)c(=O)n3C)cc1OC. The summed E-state index contributed by atoms with van der Waals surface area (Å²) in [6.45, 7) is 3.22. The number of carbonyl (C=O) groups is 1. The number of hydrogen-bond acceptors (Lipinski definition) is 6. The van der Waals surface area contributed by atoms with Crippen molar-refractivity contribution in [3.63, 3.8) is 0 Å². The van der Waals surface area contributed by atoms with E-state index in [1.807, 2.05) is 0 Å². The van der Waals surface area contributed by atoms with Gasteiger partial charge in [0.1, 0.15) is 5.82 Å². The van der Waals surface area contributed by atoms with E-state index in [1.165, 1.54) is 32.8 Å². The van der Waals surface area contributed by atoms with Crippen molar-refractivity contribution in [2.75, 3.05) is 19.5 Å². The smallest absolute Gasteiger partial charge is 0.332 e. The lowest BCUT2D eigenvalue weighted by molar-refractivity contribution is -0.113. The highest BCUT2D eigenvalue weighted by molar-refractivity contribution is 5.98. The van der Waals surface area contributed by atoms with Crippen LogP contribution in [0.25, 0.3) is 0 Å². The second-order valence-electron chi connectivity index (χ2n) is 6.74. The first kappa shape index (κ1) is 19.5. The molecule has 0 aliphatic carbocycles. The lowest BCUT2D eigenvalue weighted by Gasteiger charge is -2.31. The number of hydrogen-bond donors (Lipinski definition) is 1. The predicted molar refractivity (Wildman–Crippen MR) is 105 cm³/mol. The van der Waals surface area contributed by atoms with Crippen LogP contribution in [0.5, 0.6) is 11.5 Å². The number of nitrogens with one attached hydrogen (secondary N) is 1. The summed E-state index contributed by atoms with van der Waals surface area (Å²) in [4.78, 5) is 37.9. The van der Waals surface area contributed by atoms with E-state index in [4.69, 9.17) is 9.47 Å². The Morgan fingerprint density at radius 3 is 2.29 bits per heavy atom. The third kappa shape index (κ3) is 2.81. The maximum absolute atomic E-state index is 13.0. The van der Waals surface area contributed by atoms with Crippen LogP contribution in [-0.4, -0.2) is 29.1 Å². The highest BCUT2D eigenvalue weighted by atomic mass is 16.5. The van der Waals surface area contributed by atoms with E-state index in [0.29, 0.717) is 39.7 Å². The van der Waals surface area contributed by atoms with E-state index in [1.54, 1.807) is 32.2 Å². The summed E-state index contributed by atoms with van der Waals surface area (Å²) in [5, 5.41) is 3.07. The lowest BCUT2D eigenvalue weighted by atomic mass is 9.80. The standard InChI is InChI=1S/C20H23N3O5/c1-10-15(11(2)24)16(12-7-8-13(27-5)14(9-12)28-6)17-18(21-10)22(3)20(26)23(4)19(17)25/h7-9,16,21H,1-6H3. The van der Waals surface area contributed by atoms with Crippen molar-refractivity contribution < 1.29 is 14.3 Å². The minimum atomic E-state index is -0.640. The molecule has 8 nitrogen and oxygen atoms in total. The van der Waals surface area contributed by atoms with E-state index < -0.39 is 17.2 Å². The largest absolute Gasteiger partial charge is 0.493 e. The number of Topliss-reactive ketones (excluding diaryl/α,β-unsaturated/α-hetero) is 1. The van der Waals surface area contributed by atoms with E-state index in [2.05, 4.69) is 5.32 Å². The van der Waals surface area contributed by atoms with Gasteiger partial charge in [-0.2, -0.15) is 0 Å². The Bertz CT molecular complexity index is 1120. The number of allylic oxidation sites excluding steroid dienone is 2. The van der Waals surface area contributed by atoms with Gasteiger partial charge in [0.05, 0.1) is 19.8 Å². The topological polar surface area (TPSA) is 91.6 Å². The van der Waals surface area contributed by atoms with Crippen LogP contribution < -0.4 is 26.0 Å². The number of fused-ring (bicyclic) bond motifs is 1. The highest BCUT2D eigenvalue weighted by Crippen LogP contribution is 2.42. The second-order valence-corrected chi connectivity index (χ2v) is 6.74. The molecule has 1 aliphatic rings. The fourth-order valence-corrected chi connectivity index (χ4v) is 3.72. The maximum atomic E-state index is 13.0. The number of anilines is 1. The Kier molecular flexibility index (Phi) is 4.89. The van der Waals surface area contributed by atoms with E-state index >= 15 is 0 Å². The van der Waals surface area contributed by atoms with Crippen LogP contribution in [0.2, 0.25) is 0 Å². The van der Waals surface area contributed by atoms with Crippen LogP contribution in [0, 0.1) is 0 Å². The molecule has 0 saturated carbocycles. The zero-order valence-electron chi connectivity index (χ0n) is 16.7. The monoisotopic (exact) mass is 385 g/mol. The van der Waals surface area contributed by atoms with Crippen LogP contribution in [-0.2, 0) is 18.9 Å². The van der Waals surface area contributed by atoms with Gasteiger partial charge in [0.2, 0.25) is 0 Å². The molecule has 2 aromatic rings. The van der Waals surface area contributed by atoms with Gasteiger partial charge in [-0.3, -0.25) is 18.7 Å². The normalized spacial score (nSPS) is 15.7. The molecule has 8 heteroatoms. The minimum absolute atomic E-state index is 0.161. The molecule has 148 valence electrons. The molecule has 1 aromatic carbocycles. The summed E-state index contributed by atoms with van der Waals surface area (Å²) < 4.78 is 13.1. The van der Waals surface area contributed by atoms with Crippen molar-refractivity contribution in [2.24, 2.45) is 14.1 Å².